The van der Waals surface area contributed by atoms with Gasteiger partial charge in [-0.3, -0.25) is 4.57 Å². The molecule has 9 nitrogen and oxygen atoms in total. The molecule has 0 radical (unpaired) electrons. The molecule has 0 bridgehead atoms. The highest BCUT2D eigenvalue weighted by atomic mass is 35.5. The van der Waals surface area contributed by atoms with Crippen molar-refractivity contribution in [3.05, 3.63) is 46.8 Å². The predicted molar refractivity (Wildman–Crippen MR) is 124 cm³/mol. The predicted octanol–water partition coefficient (Wildman–Crippen LogP) is 2.63. The molecule has 5 heterocycles. The van der Waals surface area contributed by atoms with Crippen LogP contribution in [0.1, 0.15) is 31.2 Å². The number of anilines is 1. The molecule has 7 rings (SSSR count). The fourth-order valence-corrected chi connectivity index (χ4v) is 6.41. The van der Waals surface area contributed by atoms with E-state index < -0.39 is 30.3 Å². The number of halogens is 2. The second-order valence-corrected chi connectivity index (χ2v) is 10.9. The second kappa shape index (κ2) is 7.33. The highest BCUT2D eigenvalue weighted by Crippen LogP contribution is 2.47. The number of aliphatic hydroxyl groups is 1. The standard InChI is InChI=1S/C24H25ClFN5O4/c1-23(2)34-17-15(8-32)33-21(18(17)35-23)31-11-27-16-19(28-22(25)29-20(16)31)30-9-24(10-30)6-12-3-4-14(26)5-13(12)7-24/h3-5,11,15,17-18,21,32H,6-10H2,1-2H3/t15-,17+,18?,21-/m1/s1. The first-order valence-electron chi connectivity index (χ1n) is 11.8. The van der Waals surface area contributed by atoms with Gasteiger partial charge in [0.2, 0.25) is 5.28 Å². The zero-order chi connectivity index (χ0) is 24.1. The van der Waals surface area contributed by atoms with Crippen molar-refractivity contribution < 1.29 is 23.7 Å². The van der Waals surface area contributed by atoms with Crippen LogP contribution < -0.4 is 4.90 Å². The van der Waals surface area contributed by atoms with E-state index in [1.807, 2.05) is 19.9 Å². The Bertz CT molecular complexity index is 1340. The number of imidazole rings is 1. The summed E-state index contributed by atoms with van der Waals surface area (Å²) in [7, 11) is 0. The molecule has 4 aliphatic rings. The molecule has 4 atom stereocenters. The van der Waals surface area contributed by atoms with Crippen LogP contribution in [0.5, 0.6) is 0 Å². The molecule has 3 aliphatic heterocycles. The molecule has 11 heteroatoms. The highest BCUT2D eigenvalue weighted by Gasteiger charge is 2.56. The lowest BCUT2D eigenvalue weighted by Gasteiger charge is -2.49. The summed E-state index contributed by atoms with van der Waals surface area (Å²) in [6.45, 7) is 5.06. The number of fused-ring (bicyclic) bond motifs is 3. The van der Waals surface area contributed by atoms with E-state index in [4.69, 9.17) is 25.8 Å². The number of nitrogens with zero attached hydrogens (tertiary/aromatic N) is 5. The average molecular weight is 502 g/mol. The Morgan fingerprint density at radius 2 is 1.91 bits per heavy atom. The van der Waals surface area contributed by atoms with Crippen LogP contribution in [0.25, 0.3) is 11.2 Å². The zero-order valence-electron chi connectivity index (χ0n) is 19.3. The molecule has 0 saturated carbocycles. The number of rotatable bonds is 3. The first-order valence-corrected chi connectivity index (χ1v) is 12.2. The number of aliphatic hydroxyl groups excluding tert-OH is 1. The molecule has 0 amide bonds. The molecule has 1 spiro atoms. The van der Waals surface area contributed by atoms with Crippen LogP contribution in [0.2, 0.25) is 5.28 Å². The van der Waals surface area contributed by atoms with Gasteiger partial charge in [0.05, 0.1) is 12.9 Å². The van der Waals surface area contributed by atoms with E-state index in [0.29, 0.717) is 17.0 Å². The second-order valence-electron chi connectivity index (χ2n) is 10.6. The molecule has 1 aliphatic carbocycles. The van der Waals surface area contributed by atoms with E-state index in [1.165, 1.54) is 11.6 Å². The number of hydrogen-bond donors (Lipinski definition) is 1. The maximum absolute atomic E-state index is 13.7. The van der Waals surface area contributed by atoms with Gasteiger partial charge in [-0.25, -0.2) is 9.37 Å². The van der Waals surface area contributed by atoms with E-state index in [0.717, 1.165) is 31.5 Å². The minimum Gasteiger partial charge on any atom is -0.394 e. The van der Waals surface area contributed by atoms with E-state index >= 15 is 0 Å². The topological polar surface area (TPSA) is 94.8 Å². The normalized spacial score (nSPS) is 30.1. The molecule has 1 unspecified atom stereocenters. The SMILES string of the molecule is CC1(C)OC2[C@@H](O1)[C@@H](CO)O[C@H]2n1cnc2c(N3CC4(Cc5ccc(F)cc5C4)C3)nc(Cl)nc21. The van der Waals surface area contributed by atoms with E-state index in [9.17, 15) is 9.50 Å². The summed E-state index contributed by atoms with van der Waals surface area (Å²) in [4.78, 5) is 15.8. The van der Waals surface area contributed by atoms with Gasteiger partial charge in [-0.15, -0.1) is 0 Å². The van der Waals surface area contributed by atoms with Crippen LogP contribution in [-0.2, 0) is 27.1 Å². The number of benzene rings is 1. The van der Waals surface area contributed by atoms with Gasteiger partial charge in [0.15, 0.2) is 29.0 Å². The lowest BCUT2D eigenvalue weighted by Crippen LogP contribution is -2.57. The molecular weight excluding hydrogens is 477 g/mol. The Morgan fingerprint density at radius 1 is 1.14 bits per heavy atom. The molecule has 1 aromatic carbocycles. The Balaban J connectivity index is 1.19. The van der Waals surface area contributed by atoms with Crippen LogP contribution in [0, 0.1) is 11.2 Å². The molecule has 35 heavy (non-hydrogen) atoms. The van der Waals surface area contributed by atoms with Gasteiger partial charge in [-0.1, -0.05) is 6.07 Å². The Hall–Kier alpha value is -2.37. The van der Waals surface area contributed by atoms with Crippen molar-refractivity contribution >= 4 is 28.6 Å². The van der Waals surface area contributed by atoms with Crippen LogP contribution >= 0.6 is 11.6 Å². The third-order valence-electron chi connectivity index (χ3n) is 7.61. The van der Waals surface area contributed by atoms with E-state index in [-0.39, 0.29) is 23.1 Å². The van der Waals surface area contributed by atoms with E-state index in [1.54, 1.807) is 17.0 Å². The van der Waals surface area contributed by atoms with Crippen LogP contribution in [0.15, 0.2) is 24.5 Å². The Morgan fingerprint density at radius 3 is 2.71 bits per heavy atom. The fourth-order valence-electron chi connectivity index (χ4n) is 6.25. The van der Waals surface area contributed by atoms with Crippen molar-refractivity contribution in [3.63, 3.8) is 0 Å². The van der Waals surface area contributed by atoms with Crippen molar-refractivity contribution in [3.8, 4) is 0 Å². The summed E-state index contributed by atoms with van der Waals surface area (Å²) < 4.78 is 33.7. The van der Waals surface area contributed by atoms with Crippen molar-refractivity contribution in [2.24, 2.45) is 5.41 Å². The van der Waals surface area contributed by atoms with Crippen molar-refractivity contribution in [1.82, 2.24) is 19.5 Å². The van der Waals surface area contributed by atoms with Gasteiger partial charge >= 0.3 is 0 Å². The largest absolute Gasteiger partial charge is 0.394 e. The van der Waals surface area contributed by atoms with Crippen molar-refractivity contribution in [1.29, 1.82) is 0 Å². The number of ether oxygens (including phenoxy) is 3. The molecule has 184 valence electrons. The van der Waals surface area contributed by atoms with Gasteiger partial charge in [-0.2, -0.15) is 9.97 Å². The van der Waals surface area contributed by atoms with Gasteiger partial charge in [-0.05, 0) is 61.5 Å². The molecule has 3 fully saturated rings. The smallest absolute Gasteiger partial charge is 0.226 e. The Labute approximate surface area is 205 Å². The molecule has 3 aromatic rings. The molecule has 1 N–H and O–H groups in total. The van der Waals surface area contributed by atoms with Crippen LogP contribution in [-0.4, -0.2) is 68.4 Å². The molecular formula is C24H25ClFN5O4. The first kappa shape index (κ1) is 21.9. The third kappa shape index (κ3) is 3.31. The van der Waals surface area contributed by atoms with Crippen molar-refractivity contribution in [2.45, 2.75) is 57.0 Å². The third-order valence-corrected chi connectivity index (χ3v) is 7.78. The highest BCUT2D eigenvalue weighted by molar-refractivity contribution is 6.28. The summed E-state index contributed by atoms with van der Waals surface area (Å²) in [5.74, 6) is -0.303. The average Bonchev–Trinajstić information content (AvgIpc) is 3.51. The van der Waals surface area contributed by atoms with Gasteiger partial charge < -0.3 is 24.2 Å². The quantitative estimate of drug-likeness (QED) is 0.547. The maximum atomic E-state index is 13.7. The lowest BCUT2D eigenvalue weighted by molar-refractivity contribution is -0.199. The summed E-state index contributed by atoms with van der Waals surface area (Å²) in [6, 6.07) is 5.08. The monoisotopic (exact) mass is 501 g/mol. The van der Waals surface area contributed by atoms with Crippen molar-refractivity contribution in [2.75, 3.05) is 24.6 Å². The van der Waals surface area contributed by atoms with Gasteiger partial charge in [0.1, 0.15) is 24.1 Å². The summed E-state index contributed by atoms with van der Waals surface area (Å²) in [5.41, 5.74) is 3.53. The first-order chi connectivity index (χ1) is 16.7. The number of hydrogen-bond acceptors (Lipinski definition) is 8. The molecule has 3 saturated heterocycles. The zero-order valence-corrected chi connectivity index (χ0v) is 20.1. The minimum atomic E-state index is -0.785. The van der Waals surface area contributed by atoms with Gasteiger partial charge in [0, 0.05) is 18.5 Å². The maximum Gasteiger partial charge on any atom is 0.226 e. The Kier molecular flexibility index (Phi) is 4.58. The summed E-state index contributed by atoms with van der Waals surface area (Å²) >= 11 is 6.37. The molecule has 2 aromatic heterocycles. The van der Waals surface area contributed by atoms with Gasteiger partial charge in [0.25, 0.3) is 0 Å². The van der Waals surface area contributed by atoms with Crippen LogP contribution in [0.4, 0.5) is 10.2 Å². The fraction of sp³-hybridized carbons (Fsp3) is 0.542. The summed E-state index contributed by atoms with van der Waals surface area (Å²) in [6.07, 6.45) is 1.49. The lowest BCUT2D eigenvalue weighted by atomic mass is 9.77. The summed E-state index contributed by atoms with van der Waals surface area (Å²) in [5, 5.41) is 9.95. The van der Waals surface area contributed by atoms with E-state index in [2.05, 4.69) is 19.9 Å². The van der Waals surface area contributed by atoms with Crippen LogP contribution in [0.3, 0.4) is 0 Å². The minimum absolute atomic E-state index is 0.0686. The number of aromatic nitrogens is 4.